The van der Waals surface area contributed by atoms with Gasteiger partial charge in [0.2, 0.25) is 0 Å². The molecule has 11 heteroatoms. The van der Waals surface area contributed by atoms with Gasteiger partial charge in [-0.1, -0.05) is 6.07 Å². The summed E-state index contributed by atoms with van der Waals surface area (Å²) in [5.74, 6) is -1.31. The number of hydrogen-bond donors (Lipinski definition) is 2. The molecule has 0 bridgehead atoms. The van der Waals surface area contributed by atoms with E-state index in [0.717, 1.165) is 18.2 Å². The standard InChI is InChI=1S/C19H19F3N2O5S/c1-12-2-4-14(11-15(12)18(25)26)30(27,28)23-16-10-13(19(20,21)22)3-5-17(16)24-6-8-29-9-7-24/h2-5,10-11,23H,6-9H2,1H3,(H,25,26). The van der Waals surface area contributed by atoms with E-state index in [1.54, 1.807) is 4.90 Å². The second-order valence-electron chi connectivity index (χ2n) is 6.72. The number of ether oxygens (including phenoxy) is 1. The minimum atomic E-state index is -4.66. The SMILES string of the molecule is Cc1ccc(S(=O)(=O)Nc2cc(C(F)(F)F)ccc2N2CCOCC2)cc1C(=O)O. The van der Waals surface area contributed by atoms with Gasteiger partial charge >= 0.3 is 12.1 Å². The Labute approximate surface area is 171 Å². The van der Waals surface area contributed by atoms with Gasteiger partial charge in [-0.3, -0.25) is 4.72 Å². The molecule has 0 atom stereocenters. The predicted octanol–water partition coefficient (Wildman–Crippen LogP) is 3.35. The number of rotatable bonds is 5. The number of carbonyl (C=O) groups is 1. The average molecular weight is 444 g/mol. The van der Waals surface area contributed by atoms with Gasteiger partial charge in [0.05, 0.1) is 40.6 Å². The number of nitrogens with one attached hydrogen (secondary N) is 1. The molecule has 1 aliphatic heterocycles. The summed E-state index contributed by atoms with van der Waals surface area (Å²) >= 11 is 0. The molecule has 2 aromatic carbocycles. The topological polar surface area (TPSA) is 95.9 Å². The van der Waals surface area contributed by atoms with Crippen molar-refractivity contribution in [2.24, 2.45) is 0 Å². The highest BCUT2D eigenvalue weighted by molar-refractivity contribution is 7.92. The van der Waals surface area contributed by atoms with Crippen LogP contribution in [-0.2, 0) is 20.9 Å². The number of aryl methyl sites for hydroxylation is 1. The highest BCUT2D eigenvalue weighted by Gasteiger charge is 2.32. The first-order valence-electron chi connectivity index (χ1n) is 8.90. The Balaban J connectivity index is 2.05. The fourth-order valence-electron chi connectivity index (χ4n) is 3.08. The lowest BCUT2D eigenvalue weighted by atomic mass is 10.1. The first-order valence-corrected chi connectivity index (χ1v) is 10.4. The molecular weight excluding hydrogens is 425 g/mol. The molecule has 0 aliphatic carbocycles. The van der Waals surface area contributed by atoms with Gasteiger partial charge < -0.3 is 14.7 Å². The second-order valence-corrected chi connectivity index (χ2v) is 8.40. The van der Waals surface area contributed by atoms with Crippen LogP contribution in [0.1, 0.15) is 21.5 Å². The molecule has 162 valence electrons. The smallest absolute Gasteiger partial charge is 0.416 e. The molecule has 0 aromatic heterocycles. The highest BCUT2D eigenvalue weighted by atomic mass is 32.2. The summed E-state index contributed by atoms with van der Waals surface area (Å²) in [6, 6.07) is 6.33. The maximum Gasteiger partial charge on any atom is 0.416 e. The van der Waals surface area contributed by atoms with Gasteiger partial charge in [-0.05, 0) is 42.8 Å². The largest absolute Gasteiger partial charge is 0.478 e. The molecule has 7 nitrogen and oxygen atoms in total. The van der Waals surface area contributed by atoms with Gasteiger partial charge in [-0.25, -0.2) is 13.2 Å². The Bertz CT molecular complexity index is 1060. The number of morpholine rings is 1. The van der Waals surface area contributed by atoms with Gasteiger partial charge in [0.15, 0.2) is 0 Å². The molecule has 1 aliphatic rings. The predicted molar refractivity (Wildman–Crippen MR) is 103 cm³/mol. The second kappa shape index (κ2) is 8.15. The van der Waals surface area contributed by atoms with Crippen LogP contribution in [0.25, 0.3) is 0 Å². The molecule has 0 unspecified atom stereocenters. The van der Waals surface area contributed by atoms with Crippen molar-refractivity contribution in [1.82, 2.24) is 0 Å². The van der Waals surface area contributed by atoms with Crippen molar-refractivity contribution in [3.63, 3.8) is 0 Å². The zero-order chi connectivity index (χ0) is 22.1. The molecule has 1 fully saturated rings. The molecule has 2 aromatic rings. The summed E-state index contributed by atoms with van der Waals surface area (Å²) in [6.45, 7) is 2.98. The van der Waals surface area contributed by atoms with Crippen LogP contribution in [0.2, 0.25) is 0 Å². The van der Waals surface area contributed by atoms with Crippen molar-refractivity contribution in [3.8, 4) is 0 Å². The molecule has 30 heavy (non-hydrogen) atoms. The van der Waals surface area contributed by atoms with Gasteiger partial charge in [-0.2, -0.15) is 13.2 Å². The first kappa shape index (κ1) is 21.9. The van der Waals surface area contributed by atoms with E-state index < -0.39 is 27.7 Å². The van der Waals surface area contributed by atoms with Crippen molar-refractivity contribution in [2.45, 2.75) is 18.0 Å². The zero-order valence-electron chi connectivity index (χ0n) is 15.9. The fraction of sp³-hybridized carbons (Fsp3) is 0.316. The van der Waals surface area contributed by atoms with Crippen LogP contribution in [0.15, 0.2) is 41.3 Å². The van der Waals surface area contributed by atoms with E-state index in [1.165, 1.54) is 25.1 Å². The summed E-state index contributed by atoms with van der Waals surface area (Å²) in [7, 11) is -4.35. The van der Waals surface area contributed by atoms with E-state index in [1.807, 2.05) is 0 Å². The Morgan fingerprint density at radius 2 is 1.80 bits per heavy atom. The number of alkyl halides is 3. The molecule has 0 saturated carbocycles. The maximum absolute atomic E-state index is 13.2. The lowest BCUT2D eigenvalue weighted by molar-refractivity contribution is -0.137. The number of anilines is 2. The molecule has 1 heterocycles. The molecule has 0 radical (unpaired) electrons. The summed E-state index contributed by atoms with van der Waals surface area (Å²) in [5, 5.41) is 9.23. The van der Waals surface area contributed by atoms with E-state index in [4.69, 9.17) is 4.74 Å². The molecule has 0 spiro atoms. The summed E-state index contributed by atoms with van der Waals surface area (Å²) in [4.78, 5) is 12.7. The van der Waals surface area contributed by atoms with E-state index in [-0.39, 0.29) is 21.8 Å². The minimum Gasteiger partial charge on any atom is -0.478 e. The van der Waals surface area contributed by atoms with Crippen LogP contribution in [0.5, 0.6) is 0 Å². The molecule has 3 rings (SSSR count). The zero-order valence-corrected chi connectivity index (χ0v) is 16.7. The summed E-state index contributed by atoms with van der Waals surface area (Å²) in [5.41, 5.74) is -0.832. The number of carboxylic acids is 1. The molecule has 1 saturated heterocycles. The Kier molecular flexibility index (Phi) is 5.95. The van der Waals surface area contributed by atoms with Gasteiger partial charge in [0, 0.05) is 13.1 Å². The van der Waals surface area contributed by atoms with Crippen LogP contribution >= 0.6 is 0 Å². The van der Waals surface area contributed by atoms with Gasteiger partial charge in [0.1, 0.15) is 0 Å². The summed E-state index contributed by atoms with van der Waals surface area (Å²) in [6.07, 6.45) is -4.66. The van der Waals surface area contributed by atoms with Gasteiger partial charge in [-0.15, -0.1) is 0 Å². The number of halogens is 3. The third kappa shape index (κ3) is 4.68. The van der Waals surface area contributed by atoms with E-state index in [9.17, 15) is 31.5 Å². The van der Waals surface area contributed by atoms with Crippen molar-refractivity contribution < 1.29 is 36.2 Å². The van der Waals surface area contributed by atoms with Crippen LogP contribution in [0.4, 0.5) is 24.5 Å². The number of nitrogens with zero attached hydrogens (tertiary/aromatic N) is 1. The normalized spacial score (nSPS) is 15.1. The van der Waals surface area contributed by atoms with Crippen molar-refractivity contribution in [2.75, 3.05) is 35.9 Å². The Morgan fingerprint density at radius 1 is 1.13 bits per heavy atom. The molecule has 2 N–H and O–H groups in total. The number of sulfonamides is 1. The number of hydrogen-bond acceptors (Lipinski definition) is 5. The third-order valence-electron chi connectivity index (χ3n) is 4.67. The number of benzene rings is 2. The molecular formula is C19H19F3N2O5S. The van der Waals surface area contributed by atoms with E-state index in [0.29, 0.717) is 31.9 Å². The quantitative estimate of drug-likeness (QED) is 0.735. The average Bonchev–Trinajstić information content (AvgIpc) is 2.67. The lowest BCUT2D eigenvalue weighted by Gasteiger charge is -2.31. The lowest BCUT2D eigenvalue weighted by Crippen LogP contribution is -2.36. The third-order valence-corrected chi connectivity index (χ3v) is 6.03. The van der Waals surface area contributed by atoms with Crippen LogP contribution in [-0.4, -0.2) is 45.8 Å². The first-order chi connectivity index (χ1) is 14.0. The van der Waals surface area contributed by atoms with E-state index in [2.05, 4.69) is 4.72 Å². The van der Waals surface area contributed by atoms with Crippen LogP contribution in [0.3, 0.4) is 0 Å². The number of carboxylic acid groups (broad SMARTS) is 1. The van der Waals surface area contributed by atoms with Crippen molar-refractivity contribution in [3.05, 3.63) is 53.1 Å². The number of aromatic carboxylic acids is 1. The molecule has 0 amide bonds. The maximum atomic E-state index is 13.2. The monoisotopic (exact) mass is 444 g/mol. The van der Waals surface area contributed by atoms with E-state index >= 15 is 0 Å². The minimum absolute atomic E-state index is 0.213. The fourth-order valence-corrected chi connectivity index (χ4v) is 4.17. The van der Waals surface area contributed by atoms with Crippen molar-refractivity contribution in [1.29, 1.82) is 0 Å². The summed E-state index contributed by atoms with van der Waals surface area (Å²) < 4.78 is 72.8. The highest BCUT2D eigenvalue weighted by Crippen LogP contribution is 2.36. The Hall–Kier alpha value is -2.79. The Morgan fingerprint density at radius 3 is 2.40 bits per heavy atom. The van der Waals surface area contributed by atoms with Crippen molar-refractivity contribution >= 4 is 27.4 Å². The van der Waals surface area contributed by atoms with Crippen LogP contribution in [0, 0.1) is 6.92 Å². The van der Waals surface area contributed by atoms with Crippen LogP contribution < -0.4 is 9.62 Å². The van der Waals surface area contributed by atoms with Gasteiger partial charge in [0.25, 0.3) is 10.0 Å².